The van der Waals surface area contributed by atoms with E-state index in [1.807, 2.05) is 59.5 Å². The summed E-state index contributed by atoms with van der Waals surface area (Å²) in [7, 11) is 3.51. The first kappa shape index (κ1) is 25.0. The van der Waals surface area contributed by atoms with Crippen LogP contribution in [0.5, 0.6) is 5.75 Å². The summed E-state index contributed by atoms with van der Waals surface area (Å²) in [6, 6.07) is 18.8. The van der Waals surface area contributed by atoms with Gasteiger partial charge in [0, 0.05) is 31.9 Å². The van der Waals surface area contributed by atoms with Crippen molar-refractivity contribution < 1.29 is 4.74 Å². The summed E-state index contributed by atoms with van der Waals surface area (Å²) < 4.78 is 7.22. The van der Waals surface area contributed by atoms with Gasteiger partial charge in [0.05, 0.1) is 25.0 Å². The number of nitrogens with zero attached hydrogens (tertiary/aromatic N) is 4. The van der Waals surface area contributed by atoms with Crippen molar-refractivity contribution in [3.63, 3.8) is 0 Å². The van der Waals surface area contributed by atoms with Crippen molar-refractivity contribution in [2.75, 3.05) is 33.8 Å². The van der Waals surface area contributed by atoms with E-state index in [9.17, 15) is 0 Å². The molecule has 2 heterocycles. The van der Waals surface area contributed by atoms with Gasteiger partial charge in [-0.15, -0.1) is 24.0 Å². The minimum absolute atomic E-state index is 0. The highest BCUT2D eigenvalue weighted by molar-refractivity contribution is 14.0. The zero-order valence-electron chi connectivity index (χ0n) is 19.3. The number of hydrogen-bond donors (Lipinski definition) is 2. The third-order valence-electron chi connectivity index (χ3n) is 5.89. The summed E-state index contributed by atoms with van der Waals surface area (Å²) in [6.45, 7) is 3.70. The van der Waals surface area contributed by atoms with Crippen molar-refractivity contribution in [3.8, 4) is 11.4 Å². The summed E-state index contributed by atoms with van der Waals surface area (Å²) in [5, 5.41) is 11.4. The van der Waals surface area contributed by atoms with E-state index in [1.54, 1.807) is 14.2 Å². The molecule has 2 N–H and O–H groups in total. The van der Waals surface area contributed by atoms with Crippen molar-refractivity contribution in [2.24, 2.45) is 4.99 Å². The summed E-state index contributed by atoms with van der Waals surface area (Å²) >= 11 is 0. The molecule has 0 aliphatic carbocycles. The SMILES string of the molecule is CN=C(NCc1cnn(-c2ccccc2)c1)NCC(c1ccc(OC)cc1)N1CCCC1.I. The first-order valence-electron chi connectivity index (χ1n) is 11.2. The monoisotopic (exact) mass is 560 g/mol. The summed E-state index contributed by atoms with van der Waals surface area (Å²) in [5.41, 5.74) is 3.44. The number of guanidine groups is 1. The molecule has 176 valence electrons. The van der Waals surface area contributed by atoms with Gasteiger partial charge in [0.2, 0.25) is 0 Å². The van der Waals surface area contributed by atoms with E-state index < -0.39 is 0 Å². The molecule has 0 saturated carbocycles. The van der Waals surface area contributed by atoms with Crippen LogP contribution < -0.4 is 15.4 Å². The van der Waals surface area contributed by atoms with Crippen molar-refractivity contribution in [1.29, 1.82) is 0 Å². The maximum atomic E-state index is 5.33. The second-order valence-corrected chi connectivity index (χ2v) is 7.97. The highest BCUT2D eigenvalue weighted by atomic mass is 127. The number of methoxy groups -OCH3 is 1. The average Bonchev–Trinajstić information content (AvgIpc) is 3.55. The normalized spacial score (nSPS) is 15.0. The van der Waals surface area contributed by atoms with Crippen LogP contribution in [0, 0.1) is 0 Å². The molecule has 4 rings (SSSR count). The fourth-order valence-corrected chi connectivity index (χ4v) is 4.11. The molecule has 1 aliphatic rings. The molecule has 33 heavy (non-hydrogen) atoms. The quantitative estimate of drug-likeness (QED) is 0.248. The van der Waals surface area contributed by atoms with E-state index in [0.29, 0.717) is 12.6 Å². The van der Waals surface area contributed by atoms with Crippen molar-refractivity contribution in [2.45, 2.75) is 25.4 Å². The molecular formula is C25H33IN6O. The fourth-order valence-electron chi connectivity index (χ4n) is 4.11. The predicted octanol–water partition coefficient (Wildman–Crippen LogP) is 4.00. The summed E-state index contributed by atoms with van der Waals surface area (Å²) in [6.07, 6.45) is 6.44. The van der Waals surface area contributed by atoms with Gasteiger partial charge < -0.3 is 15.4 Å². The summed E-state index contributed by atoms with van der Waals surface area (Å²) in [5.74, 6) is 1.67. The van der Waals surface area contributed by atoms with Crippen LogP contribution in [-0.2, 0) is 6.54 Å². The second kappa shape index (κ2) is 12.6. The van der Waals surface area contributed by atoms with Crippen LogP contribution in [-0.4, -0.2) is 54.4 Å². The van der Waals surface area contributed by atoms with Crippen molar-refractivity contribution >= 4 is 29.9 Å². The molecule has 1 atom stereocenters. The second-order valence-electron chi connectivity index (χ2n) is 7.97. The zero-order valence-corrected chi connectivity index (χ0v) is 21.6. The van der Waals surface area contributed by atoms with Crippen LogP contribution in [0.1, 0.15) is 30.0 Å². The number of rotatable bonds is 8. The third kappa shape index (κ3) is 6.70. The summed E-state index contributed by atoms with van der Waals surface area (Å²) in [4.78, 5) is 6.96. The van der Waals surface area contributed by atoms with Crippen LogP contribution in [0.2, 0.25) is 0 Å². The predicted molar refractivity (Wildman–Crippen MR) is 144 cm³/mol. The molecule has 1 saturated heterocycles. The number of para-hydroxylation sites is 1. The Bertz CT molecular complexity index is 999. The molecule has 0 radical (unpaired) electrons. The molecule has 1 aliphatic heterocycles. The Balaban J connectivity index is 0.00000306. The molecule has 1 unspecified atom stereocenters. The van der Waals surface area contributed by atoms with E-state index >= 15 is 0 Å². The number of hydrogen-bond acceptors (Lipinski definition) is 4. The standard InChI is InChI=1S/C25H32N6O.HI/c1-26-25(27-16-20-17-29-31(19-20)22-8-4-3-5-9-22)28-18-24(30-14-6-7-15-30)21-10-12-23(32-2)13-11-21;/h3-5,8-13,17,19,24H,6-7,14-16,18H2,1-2H3,(H2,26,27,28);1H. The molecule has 1 fully saturated rings. The Morgan fingerprint density at radius 1 is 1.06 bits per heavy atom. The highest BCUT2D eigenvalue weighted by Crippen LogP contribution is 2.26. The lowest BCUT2D eigenvalue weighted by molar-refractivity contribution is 0.245. The number of aromatic nitrogens is 2. The maximum absolute atomic E-state index is 5.33. The Hall–Kier alpha value is -2.59. The highest BCUT2D eigenvalue weighted by Gasteiger charge is 2.23. The molecule has 0 amide bonds. The van der Waals surface area contributed by atoms with Gasteiger partial charge in [-0.3, -0.25) is 9.89 Å². The maximum Gasteiger partial charge on any atom is 0.191 e. The largest absolute Gasteiger partial charge is 0.497 e. The average molecular weight is 560 g/mol. The van der Waals surface area contributed by atoms with E-state index in [1.165, 1.54) is 18.4 Å². The Labute approximate surface area is 213 Å². The van der Waals surface area contributed by atoms with E-state index in [-0.39, 0.29) is 24.0 Å². The van der Waals surface area contributed by atoms with Gasteiger partial charge in [0.25, 0.3) is 0 Å². The van der Waals surface area contributed by atoms with Crippen LogP contribution in [0.15, 0.2) is 72.0 Å². The van der Waals surface area contributed by atoms with E-state index in [2.05, 4.69) is 37.8 Å². The Morgan fingerprint density at radius 3 is 2.45 bits per heavy atom. The number of ether oxygens (including phenoxy) is 1. The topological polar surface area (TPSA) is 66.7 Å². The van der Waals surface area contributed by atoms with Crippen LogP contribution in [0.4, 0.5) is 0 Å². The smallest absolute Gasteiger partial charge is 0.191 e. The van der Waals surface area contributed by atoms with E-state index in [4.69, 9.17) is 4.74 Å². The number of halogens is 1. The van der Waals surface area contributed by atoms with Gasteiger partial charge >= 0.3 is 0 Å². The Morgan fingerprint density at radius 2 is 1.79 bits per heavy atom. The van der Waals surface area contributed by atoms with Crippen molar-refractivity contribution in [1.82, 2.24) is 25.3 Å². The first-order valence-corrected chi connectivity index (χ1v) is 11.2. The fraction of sp³-hybridized carbons (Fsp3) is 0.360. The number of likely N-dealkylation sites (tertiary alicyclic amines) is 1. The molecular weight excluding hydrogens is 527 g/mol. The van der Waals surface area contributed by atoms with Gasteiger partial charge in [-0.25, -0.2) is 4.68 Å². The molecule has 2 aromatic carbocycles. The lowest BCUT2D eigenvalue weighted by Gasteiger charge is -2.29. The third-order valence-corrected chi connectivity index (χ3v) is 5.89. The van der Waals surface area contributed by atoms with Crippen LogP contribution >= 0.6 is 24.0 Å². The molecule has 8 heteroatoms. The number of aliphatic imine (C=N–C) groups is 1. The lowest BCUT2D eigenvalue weighted by atomic mass is 10.1. The molecule has 7 nitrogen and oxygen atoms in total. The molecule has 0 spiro atoms. The minimum atomic E-state index is 0. The molecule has 3 aromatic rings. The number of benzene rings is 2. The number of nitrogens with one attached hydrogen (secondary N) is 2. The van der Waals surface area contributed by atoms with E-state index in [0.717, 1.165) is 42.6 Å². The zero-order chi connectivity index (χ0) is 22.2. The van der Waals surface area contributed by atoms with Gasteiger partial charge in [-0.2, -0.15) is 5.10 Å². The van der Waals surface area contributed by atoms with Crippen LogP contribution in [0.25, 0.3) is 5.69 Å². The van der Waals surface area contributed by atoms with Gasteiger partial charge in [0.1, 0.15) is 5.75 Å². The van der Waals surface area contributed by atoms with Crippen molar-refractivity contribution in [3.05, 3.63) is 78.1 Å². The lowest BCUT2D eigenvalue weighted by Crippen LogP contribution is -2.42. The first-order chi connectivity index (χ1) is 15.8. The molecule has 1 aromatic heterocycles. The Kier molecular flexibility index (Phi) is 9.56. The molecule has 0 bridgehead atoms. The van der Waals surface area contributed by atoms with Crippen LogP contribution in [0.3, 0.4) is 0 Å². The van der Waals surface area contributed by atoms with Gasteiger partial charge in [0.15, 0.2) is 5.96 Å². The van der Waals surface area contributed by atoms with Gasteiger partial charge in [-0.05, 0) is 55.8 Å². The van der Waals surface area contributed by atoms with Gasteiger partial charge in [-0.1, -0.05) is 30.3 Å². The minimum Gasteiger partial charge on any atom is -0.497 e.